The molecule has 24 heavy (non-hydrogen) atoms. The fourth-order valence-electron chi connectivity index (χ4n) is 2.81. The third kappa shape index (κ3) is 2.49. The van der Waals surface area contributed by atoms with Gasteiger partial charge in [0, 0.05) is 9.77 Å². The number of aliphatic hydroxyl groups is 2. The van der Waals surface area contributed by atoms with Gasteiger partial charge in [-0.25, -0.2) is 4.79 Å². The van der Waals surface area contributed by atoms with Crippen molar-refractivity contribution in [2.24, 2.45) is 0 Å². The first-order valence-corrected chi connectivity index (χ1v) is 8.46. The molecule has 0 amide bonds. The van der Waals surface area contributed by atoms with Crippen molar-refractivity contribution in [3.8, 4) is 5.75 Å². The van der Waals surface area contributed by atoms with E-state index < -0.39 is 30.2 Å². The van der Waals surface area contributed by atoms with Crippen molar-refractivity contribution < 1.29 is 24.5 Å². The molecule has 128 valence electrons. The smallest absolute Gasteiger partial charge is 0.343 e. The van der Waals surface area contributed by atoms with Crippen molar-refractivity contribution in [2.75, 3.05) is 26.4 Å². The summed E-state index contributed by atoms with van der Waals surface area (Å²) in [5, 5.41) is 19.9. The van der Waals surface area contributed by atoms with Crippen LogP contribution in [0.15, 0.2) is 23.1 Å². The summed E-state index contributed by atoms with van der Waals surface area (Å²) < 4.78 is 13.0. The van der Waals surface area contributed by atoms with E-state index in [1.165, 1.54) is 6.20 Å². The van der Waals surface area contributed by atoms with E-state index in [2.05, 4.69) is 22.6 Å². The number of aromatic nitrogens is 1. The maximum atomic E-state index is 12.7. The van der Waals surface area contributed by atoms with Gasteiger partial charge in [0.05, 0.1) is 30.7 Å². The Kier molecular flexibility index (Phi) is 4.54. The highest BCUT2D eigenvalue weighted by Crippen LogP contribution is 2.35. The van der Waals surface area contributed by atoms with Crippen LogP contribution in [0.25, 0.3) is 10.9 Å². The van der Waals surface area contributed by atoms with Gasteiger partial charge in [-0.2, -0.15) is 0 Å². The van der Waals surface area contributed by atoms with Crippen LogP contribution in [0.3, 0.4) is 0 Å². The van der Waals surface area contributed by atoms with Crippen molar-refractivity contribution in [1.29, 1.82) is 0 Å². The Morgan fingerprint density at radius 2 is 2.12 bits per heavy atom. The average molecular weight is 445 g/mol. The highest BCUT2D eigenvalue weighted by Gasteiger charge is 2.38. The molecule has 7 nitrogen and oxygen atoms in total. The molecule has 3 rings (SSSR count). The lowest BCUT2D eigenvalue weighted by molar-refractivity contribution is 0.0178. The van der Waals surface area contributed by atoms with E-state index in [-0.39, 0.29) is 24.2 Å². The van der Waals surface area contributed by atoms with Gasteiger partial charge in [0.25, 0.3) is 0 Å². The molecule has 0 unspecified atom stereocenters. The van der Waals surface area contributed by atoms with E-state index in [0.29, 0.717) is 11.3 Å². The molecule has 0 saturated carbocycles. The number of carbonyl (C=O) groups excluding carboxylic acids is 1. The summed E-state index contributed by atoms with van der Waals surface area (Å²) in [6.45, 7) is 1.00. The van der Waals surface area contributed by atoms with Crippen molar-refractivity contribution in [3.05, 3.63) is 37.7 Å². The Morgan fingerprint density at radius 1 is 1.42 bits per heavy atom. The van der Waals surface area contributed by atoms with Gasteiger partial charge in [-0.05, 0) is 41.6 Å². The SMILES string of the molecule is CCOC(=O)c1cn2c3c(cc(I)cc3c1=O)OCC2(CO)CO. The second-order valence-corrected chi connectivity index (χ2v) is 6.84. The number of hydrogen-bond acceptors (Lipinski definition) is 6. The Hall–Kier alpha value is -1.65. The van der Waals surface area contributed by atoms with Gasteiger partial charge in [0.15, 0.2) is 0 Å². The van der Waals surface area contributed by atoms with Crippen molar-refractivity contribution in [3.63, 3.8) is 0 Å². The van der Waals surface area contributed by atoms with E-state index in [0.717, 1.165) is 3.57 Å². The first-order chi connectivity index (χ1) is 11.5. The van der Waals surface area contributed by atoms with Gasteiger partial charge in [0.1, 0.15) is 23.5 Å². The minimum absolute atomic E-state index is 0.0212. The lowest BCUT2D eigenvalue weighted by Crippen LogP contribution is -2.49. The number of nitrogens with zero attached hydrogens (tertiary/aromatic N) is 1. The molecular weight excluding hydrogens is 429 g/mol. The molecule has 0 radical (unpaired) electrons. The average Bonchev–Trinajstić information content (AvgIpc) is 2.58. The summed E-state index contributed by atoms with van der Waals surface area (Å²) in [7, 11) is 0. The molecule has 0 bridgehead atoms. The number of benzene rings is 1. The molecule has 1 aromatic heterocycles. The van der Waals surface area contributed by atoms with Crippen LogP contribution in [0, 0.1) is 3.57 Å². The van der Waals surface area contributed by atoms with Crippen LogP contribution in [0.1, 0.15) is 17.3 Å². The number of ether oxygens (including phenoxy) is 2. The summed E-state index contributed by atoms with van der Waals surface area (Å²) in [6, 6.07) is 3.41. The van der Waals surface area contributed by atoms with E-state index in [1.807, 2.05) is 0 Å². The minimum atomic E-state index is -1.16. The molecule has 2 aromatic rings. The molecule has 0 fully saturated rings. The summed E-state index contributed by atoms with van der Waals surface area (Å²) in [5.74, 6) is -0.258. The Morgan fingerprint density at radius 3 is 2.75 bits per heavy atom. The van der Waals surface area contributed by atoms with E-state index in [4.69, 9.17) is 9.47 Å². The zero-order chi connectivity index (χ0) is 17.5. The van der Waals surface area contributed by atoms with Crippen molar-refractivity contribution in [1.82, 2.24) is 4.57 Å². The van der Waals surface area contributed by atoms with Crippen molar-refractivity contribution >= 4 is 39.5 Å². The van der Waals surface area contributed by atoms with Crippen LogP contribution >= 0.6 is 22.6 Å². The van der Waals surface area contributed by atoms with Crippen LogP contribution in [0.4, 0.5) is 0 Å². The number of carbonyl (C=O) groups is 1. The molecule has 2 heterocycles. The van der Waals surface area contributed by atoms with Crippen LogP contribution in [-0.2, 0) is 10.3 Å². The molecule has 1 aromatic carbocycles. The summed E-state index contributed by atoms with van der Waals surface area (Å²) in [4.78, 5) is 24.9. The normalized spacial score (nSPS) is 15.2. The zero-order valence-corrected chi connectivity index (χ0v) is 15.1. The number of hydrogen-bond donors (Lipinski definition) is 2. The second-order valence-electron chi connectivity index (χ2n) is 5.59. The van der Waals surface area contributed by atoms with Crippen molar-refractivity contribution in [2.45, 2.75) is 12.5 Å². The monoisotopic (exact) mass is 445 g/mol. The number of rotatable bonds is 4. The number of pyridine rings is 1. The maximum Gasteiger partial charge on any atom is 0.343 e. The molecule has 0 aliphatic carbocycles. The lowest BCUT2D eigenvalue weighted by Gasteiger charge is -2.38. The summed E-state index contributed by atoms with van der Waals surface area (Å²) in [6.07, 6.45) is 1.34. The maximum absolute atomic E-state index is 12.7. The number of halogens is 1. The van der Waals surface area contributed by atoms with Crippen LogP contribution in [0.2, 0.25) is 0 Å². The third-order valence-electron chi connectivity index (χ3n) is 4.12. The highest BCUT2D eigenvalue weighted by atomic mass is 127. The highest BCUT2D eigenvalue weighted by molar-refractivity contribution is 14.1. The molecule has 1 aliphatic heterocycles. The number of esters is 1. The van der Waals surface area contributed by atoms with Gasteiger partial charge in [0.2, 0.25) is 5.43 Å². The molecular formula is C16H16INO6. The fraction of sp³-hybridized carbons (Fsp3) is 0.375. The zero-order valence-electron chi connectivity index (χ0n) is 12.9. The largest absolute Gasteiger partial charge is 0.489 e. The van der Waals surface area contributed by atoms with Gasteiger partial charge in [-0.1, -0.05) is 0 Å². The predicted octanol–water partition coefficient (Wildman–Crippen LogP) is 0.855. The summed E-state index contributed by atoms with van der Waals surface area (Å²) >= 11 is 2.06. The molecule has 8 heteroatoms. The van der Waals surface area contributed by atoms with E-state index >= 15 is 0 Å². The first kappa shape index (κ1) is 17.2. The van der Waals surface area contributed by atoms with Crippen LogP contribution in [0.5, 0.6) is 5.75 Å². The van der Waals surface area contributed by atoms with Gasteiger partial charge < -0.3 is 24.3 Å². The third-order valence-corrected chi connectivity index (χ3v) is 4.74. The molecule has 0 saturated heterocycles. The van der Waals surface area contributed by atoms with E-state index in [9.17, 15) is 19.8 Å². The standard InChI is InChI=1S/C16H16INO6/c1-2-23-15(22)11-5-18-13-10(14(11)21)3-9(17)4-12(13)24-8-16(18,6-19)7-20/h3-5,19-20H,2,6-8H2,1H3. The molecule has 1 aliphatic rings. The van der Waals surface area contributed by atoms with E-state index in [1.54, 1.807) is 23.6 Å². The van der Waals surface area contributed by atoms with Crippen LogP contribution < -0.4 is 10.2 Å². The Balaban J connectivity index is 2.42. The summed E-state index contributed by atoms with van der Waals surface area (Å²) in [5.41, 5.74) is -1.31. The van der Waals surface area contributed by atoms with Crippen LogP contribution in [-0.4, -0.2) is 47.2 Å². The topological polar surface area (TPSA) is 98.0 Å². The molecule has 0 atom stereocenters. The molecule has 0 spiro atoms. The number of aliphatic hydroxyl groups excluding tert-OH is 2. The van der Waals surface area contributed by atoms with Gasteiger partial charge in [-0.3, -0.25) is 4.79 Å². The lowest BCUT2D eigenvalue weighted by atomic mass is 9.98. The minimum Gasteiger partial charge on any atom is -0.489 e. The second kappa shape index (κ2) is 6.34. The fourth-order valence-corrected chi connectivity index (χ4v) is 3.40. The predicted molar refractivity (Wildman–Crippen MR) is 94.5 cm³/mol. The van der Waals surface area contributed by atoms with Gasteiger partial charge in [-0.15, -0.1) is 0 Å². The molecule has 2 N–H and O–H groups in total. The Bertz CT molecular complexity index is 871. The first-order valence-electron chi connectivity index (χ1n) is 7.38. The Labute approximate surface area is 150 Å². The van der Waals surface area contributed by atoms with Gasteiger partial charge >= 0.3 is 5.97 Å². The quantitative estimate of drug-likeness (QED) is 0.535.